The molecule has 0 radical (unpaired) electrons. The molecule has 1 unspecified atom stereocenters. The van der Waals surface area contributed by atoms with Crippen molar-refractivity contribution in [3.63, 3.8) is 0 Å². The highest BCUT2D eigenvalue weighted by Crippen LogP contribution is 2.27. The van der Waals surface area contributed by atoms with Crippen LogP contribution in [-0.2, 0) is 6.54 Å². The fourth-order valence-electron chi connectivity index (χ4n) is 2.18. The van der Waals surface area contributed by atoms with E-state index in [4.69, 9.17) is 0 Å². The van der Waals surface area contributed by atoms with Crippen LogP contribution in [0.25, 0.3) is 0 Å². The molecule has 112 valence electrons. The zero-order chi connectivity index (χ0) is 15.4. The van der Waals surface area contributed by atoms with Gasteiger partial charge in [-0.3, -0.25) is 0 Å². The van der Waals surface area contributed by atoms with Crippen LogP contribution in [0.1, 0.15) is 24.1 Å². The molecule has 0 spiro atoms. The first-order valence-corrected chi connectivity index (χ1v) is 6.99. The number of hydrogen-bond acceptors (Lipinski definition) is 4. The summed E-state index contributed by atoms with van der Waals surface area (Å²) < 4.78 is 0. The van der Waals surface area contributed by atoms with Gasteiger partial charge in [0.1, 0.15) is 11.5 Å². The number of hydrogen-bond donors (Lipinski definition) is 3. The van der Waals surface area contributed by atoms with Crippen molar-refractivity contribution < 1.29 is 10.2 Å². The molecule has 4 nitrogen and oxygen atoms in total. The second kappa shape index (κ2) is 6.50. The smallest absolute Gasteiger partial charge is 0.120 e. The minimum Gasteiger partial charge on any atom is -0.508 e. The Kier molecular flexibility index (Phi) is 4.70. The number of nitrogens with one attached hydrogen (secondary N) is 1. The fraction of sp³-hybridized carbons (Fsp3) is 0.294. The number of phenolic OH excluding ortho intramolecular Hbond substituents is 2. The van der Waals surface area contributed by atoms with E-state index in [2.05, 4.69) is 34.5 Å². The summed E-state index contributed by atoms with van der Waals surface area (Å²) in [5.74, 6) is 0.350. The molecule has 3 N–H and O–H groups in total. The molecular formula is C17H22N2O2. The third-order valence-electron chi connectivity index (χ3n) is 3.54. The number of nitrogens with zero attached hydrogens (tertiary/aromatic N) is 1. The van der Waals surface area contributed by atoms with Gasteiger partial charge in [0.2, 0.25) is 0 Å². The van der Waals surface area contributed by atoms with Crippen molar-refractivity contribution in [2.24, 2.45) is 0 Å². The Hall–Kier alpha value is -2.20. The molecule has 0 aliphatic heterocycles. The SMILES string of the molecule is CC(NCc1ccc(N(C)C)cc1)c1cc(O)ccc1O. The van der Waals surface area contributed by atoms with E-state index in [1.807, 2.05) is 21.0 Å². The molecule has 2 aromatic rings. The van der Waals surface area contributed by atoms with Crippen LogP contribution in [-0.4, -0.2) is 24.3 Å². The average molecular weight is 286 g/mol. The van der Waals surface area contributed by atoms with Gasteiger partial charge in [-0.1, -0.05) is 12.1 Å². The molecule has 0 heterocycles. The first-order chi connectivity index (χ1) is 9.97. The second-order valence-electron chi connectivity index (χ2n) is 5.41. The van der Waals surface area contributed by atoms with Gasteiger partial charge in [-0.2, -0.15) is 0 Å². The summed E-state index contributed by atoms with van der Waals surface area (Å²) in [4.78, 5) is 2.06. The number of anilines is 1. The highest BCUT2D eigenvalue weighted by atomic mass is 16.3. The summed E-state index contributed by atoms with van der Waals surface area (Å²) in [5.41, 5.74) is 3.03. The van der Waals surface area contributed by atoms with Crippen molar-refractivity contribution in [1.82, 2.24) is 5.32 Å². The van der Waals surface area contributed by atoms with E-state index in [0.717, 1.165) is 5.69 Å². The Labute approximate surface area is 125 Å². The quantitative estimate of drug-likeness (QED) is 0.740. The third kappa shape index (κ3) is 3.89. The number of aromatic hydroxyl groups is 2. The van der Waals surface area contributed by atoms with Gasteiger partial charge in [-0.15, -0.1) is 0 Å². The molecule has 0 amide bonds. The molecule has 0 fully saturated rings. The number of benzene rings is 2. The summed E-state index contributed by atoms with van der Waals surface area (Å²) in [7, 11) is 4.03. The summed E-state index contributed by atoms with van der Waals surface area (Å²) in [5, 5.41) is 22.7. The Morgan fingerprint density at radius 3 is 2.33 bits per heavy atom. The molecule has 1 atom stereocenters. The van der Waals surface area contributed by atoms with Crippen LogP contribution in [0.5, 0.6) is 11.5 Å². The van der Waals surface area contributed by atoms with Crippen LogP contribution >= 0.6 is 0 Å². The predicted molar refractivity (Wildman–Crippen MR) is 85.8 cm³/mol. The Bertz CT molecular complexity index is 594. The molecule has 0 aromatic heterocycles. The maximum Gasteiger partial charge on any atom is 0.120 e. The molecule has 0 saturated heterocycles. The molecular weight excluding hydrogens is 264 g/mol. The molecule has 0 saturated carbocycles. The average Bonchev–Trinajstić information content (AvgIpc) is 2.47. The van der Waals surface area contributed by atoms with Gasteiger partial charge in [0.25, 0.3) is 0 Å². The molecule has 2 aromatic carbocycles. The van der Waals surface area contributed by atoms with E-state index in [1.165, 1.54) is 17.7 Å². The first-order valence-electron chi connectivity index (χ1n) is 6.99. The summed E-state index contributed by atoms with van der Waals surface area (Å²) in [6.45, 7) is 2.66. The van der Waals surface area contributed by atoms with Crippen LogP contribution in [0.3, 0.4) is 0 Å². The Morgan fingerprint density at radius 1 is 1.05 bits per heavy atom. The van der Waals surface area contributed by atoms with E-state index in [-0.39, 0.29) is 17.5 Å². The van der Waals surface area contributed by atoms with Gasteiger partial charge in [0, 0.05) is 37.9 Å². The summed E-state index contributed by atoms with van der Waals surface area (Å²) in [6.07, 6.45) is 0. The van der Waals surface area contributed by atoms with Crippen molar-refractivity contribution in [2.45, 2.75) is 19.5 Å². The highest BCUT2D eigenvalue weighted by Gasteiger charge is 2.10. The van der Waals surface area contributed by atoms with Crippen molar-refractivity contribution in [3.05, 3.63) is 53.6 Å². The number of rotatable bonds is 5. The minimum absolute atomic E-state index is 0.0503. The van der Waals surface area contributed by atoms with Crippen LogP contribution in [0.15, 0.2) is 42.5 Å². The Morgan fingerprint density at radius 2 is 1.71 bits per heavy atom. The van der Waals surface area contributed by atoms with Crippen LogP contribution in [0, 0.1) is 0 Å². The maximum atomic E-state index is 9.84. The zero-order valence-electron chi connectivity index (χ0n) is 12.7. The lowest BCUT2D eigenvalue weighted by Crippen LogP contribution is -2.18. The van der Waals surface area contributed by atoms with Crippen LogP contribution in [0.2, 0.25) is 0 Å². The zero-order valence-corrected chi connectivity index (χ0v) is 12.7. The van der Waals surface area contributed by atoms with Crippen LogP contribution in [0.4, 0.5) is 5.69 Å². The van der Waals surface area contributed by atoms with Crippen molar-refractivity contribution in [1.29, 1.82) is 0 Å². The number of phenols is 2. The standard InChI is InChI=1S/C17H22N2O2/c1-12(16-10-15(20)8-9-17(16)21)18-11-13-4-6-14(7-5-13)19(2)3/h4-10,12,18,20-21H,11H2,1-3H3. The van der Waals surface area contributed by atoms with E-state index in [1.54, 1.807) is 6.07 Å². The summed E-state index contributed by atoms with van der Waals surface area (Å²) >= 11 is 0. The van der Waals surface area contributed by atoms with E-state index in [9.17, 15) is 10.2 Å². The van der Waals surface area contributed by atoms with Crippen molar-refractivity contribution in [2.75, 3.05) is 19.0 Å². The molecule has 0 bridgehead atoms. The van der Waals surface area contributed by atoms with Gasteiger partial charge >= 0.3 is 0 Å². The fourth-order valence-corrected chi connectivity index (χ4v) is 2.18. The minimum atomic E-state index is -0.0503. The first kappa shape index (κ1) is 15.2. The molecule has 21 heavy (non-hydrogen) atoms. The van der Waals surface area contributed by atoms with E-state index >= 15 is 0 Å². The van der Waals surface area contributed by atoms with Crippen molar-refractivity contribution in [3.8, 4) is 11.5 Å². The van der Waals surface area contributed by atoms with Gasteiger partial charge in [-0.05, 0) is 42.8 Å². The monoisotopic (exact) mass is 286 g/mol. The maximum absolute atomic E-state index is 9.84. The van der Waals surface area contributed by atoms with Gasteiger partial charge in [0.15, 0.2) is 0 Å². The largest absolute Gasteiger partial charge is 0.508 e. The second-order valence-corrected chi connectivity index (χ2v) is 5.41. The molecule has 4 heteroatoms. The van der Waals surface area contributed by atoms with Crippen LogP contribution < -0.4 is 10.2 Å². The molecule has 2 rings (SSSR count). The predicted octanol–water partition coefficient (Wildman–Crippen LogP) is 3.01. The normalized spacial score (nSPS) is 12.1. The lowest BCUT2D eigenvalue weighted by atomic mass is 10.1. The van der Waals surface area contributed by atoms with Gasteiger partial charge in [0.05, 0.1) is 0 Å². The Balaban J connectivity index is 2.00. The van der Waals surface area contributed by atoms with Gasteiger partial charge in [-0.25, -0.2) is 0 Å². The topological polar surface area (TPSA) is 55.7 Å². The lowest BCUT2D eigenvalue weighted by molar-refractivity contribution is 0.440. The lowest BCUT2D eigenvalue weighted by Gasteiger charge is -2.17. The van der Waals surface area contributed by atoms with E-state index in [0.29, 0.717) is 12.1 Å². The van der Waals surface area contributed by atoms with Gasteiger partial charge < -0.3 is 20.4 Å². The summed E-state index contributed by atoms with van der Waals surface area (Å²) in [6, 6.07) is 12.8. The van der Waals surface area contributed by atoms with E-state index < -0.39 is 0 Å². The van der Waals surface area contributed by atoms with Crippen molar-refractivity contribution >= 4 is 5.69 Å². The highest BCUT2D eigenvalue weighted by molar-refractivity contribution is 5.46. The third-order valence-corrected chi connectivity index (χ3v) is 3.54. The molecule has 0 aliphatic carbocycles. The molecule has 0 aliphatic rings.